The van der Waals surface area contributed by atoms with Gasteiger partial charge in [0.25, 0.3) is 0 Å². The van der Waals surface area contributed by atoms with Crippen molar-refractivity contribution in [2.75, 3.05) is 7.11 Å². The molecule has 0 aliphatic rings. The number of rotatable bonds is 2. The van der Waals surface area contributed by atoms with Crippen LogP contribution in [0.3, 0.4) is 0 Å². The Kier molecular flexibility index (Phi) is 2.76. The fourth-order valence-electron chi connectivity index (χ4n) is 2.05. The summed E-state index contributed by atoms with van der Waals surface area (Å²) in [7, 11) is 1.37. The first kappa shape index (κ1) is 11.5. The molecule has 19 heavy (non-hydrogen) atoms. The van der Waals surface area contributed by atoms with Crippen LogP contribution in [-0.4, -0.2) is 23.0 Å². The first-order valence-electron chi connectivity index (χ1n) is 5.89. The van der Waals surface area contributed by atoms with Gasteiger partial charge in [0.15, 0.2) is 0 Å². The summed E-state index contributed by atoms with van der Waals surface area (Å²) in [4.78, 5) is 18.4. The van der Waals surface area contributed by atoms with Crippen LogP contribution in [0.1, 0.15) is 10.5 Å². The minimum atomic E-state index is -0.365. The van der Waals surface area contributed by atoms with Gasteiger partial charge in [0.1, 0.15) is 5.69 Å². The number of aromatic nitrogens is 2. The summed E-state index contributed by atoms with van der Waals surface area (Å²) in [6.45, 7) is 0. The first-order chi connectivity index (χ1) is 9.28. The lowest BCUT2D eigenvalue weighted by Gasteiger charge is -2.00. The van der Waals surface area contributed by atoms with Crippen molar-refractivity contribution >= 4 is 16.7 Å². The molecular weight excluding hydrogens is 240 g/mol. The third-order valence-electron chi connectivity index (χ3n) is 3.06. The van der Waals surface area contributed by atoms with E-state index in [1.54, 1.807) is 18.5 Å². The standard InChI is InChI=1S/C15H12N2O2/c1-19-15(18)14-7-13(9-17-14)10-2-3-12-8-16-5-4-11(12)6-10/h2-9,17H,1H3. The Bertz CT molecular complexity index is 746. The van der Waals surface area contributed by atoms with Crippen LogP contribution in [0.25, 0.3) is 21.9 Å². The second-order valence-corrected chi connectivity index (χ2v) is 4.23. The summed E-state index contributed by atoms with van der Waals surface area (Å²) in [6.07, 6.45) is 5.40. The number of benzene rings is 1. The summed E-state index contributed by atoms with van der Waals surface area (Å²) in [5.74, 6) is -0.365. The summed E-state index contributed by atoms with van der Waals surface area (Å²) >= 11 is 0. The maximum absolute atomic E-state index is 11.4. The monoisotopic (exact) mass is 252 g/mol. The molecule has 3 rings (SSSR count). The molecule has 1 aromatic carbocycles. The van der Waals surface area contributed by atoms with Crippen LogP contribution >= 0.6 is 0 Å². The van der Waals surface area contributed by atoms with E-state index < -0.39 is 0 Å². The molecule has 0 saturated carbocycles. The Labute approximate surface area is 110 Å². The molecule has 0 atom stereocenters. The summed E-state index contributed by atoms with van der Waals surface area (Å²) < 4.78 is 4.68. The number of carbonyl (C=O) groups excluding carboxylic acids is 1. The molecule has 1 N–H and O–H groups in total. The lowest BCUT2D eigenvalue weighted by atomic mass is 10.0. The topological polar surface area (TPSA) is 55.0 Å². The van der Waals surface area contributed by atoms with Gasteiger partial charge in [-0.2, -0.15) is 0 Å². The number of nitrogens with one attached hydrogen (secondary N) is 1. The third-order valence-corrected chi connectivity index (χ3v) is 3.06. The minimum absolute atomic E-state index is 0.365. The molecule has 0 aliphatic carbocycles. The third kappa shape index (κ3) is 2.08. The van der Waals surface area contributed by atoms with Crippen LogP contribution < -0.4 is 0 Å². The van der Waals surface area contributed by atoms with Crippen LogP contribution in [-0.2, 0) is 4.74 Å². The number of H-pyrrole nitrogens is 1. The zero-order chi connectivity index (χ0) is 13.2. The largest absolute Gasteiger partial charge is 0.464 e. The number of pyridine rings is 1. The van der Waals surface area contributed by atoms with Crippen molar-refractivity contribution in [2.45, 2.75) is 0 Å². The minimum Gasteiger partial charge on any atom is -0.464 e. The van der Waals surface area contributed by atoms with Crippen molar-refractivity contribution in [2.24, 2.45) is 0 Å². The molecule has 4 nitrogen and oxygen atoms in total. The maximum Gasteiger partial charge on any atom is 0.354 e. The number of nitrogens with zero attached hydrogens (tertiary/aromatic N) is 1. The van der Waals surface area contributed by atoms with Crippen LogP contribution in [0.4, 0.5) is 0 Å². The molecule has 3 aromatic rings. The molecule has 0 saturated heterocycles. The van der Waals surface area contributed by atoms with Gasteiger partial charge in [-0.1, -0.05) is 12.1 Å². The second-order valence-electron chi connectivity index (χ2n) is 4.23. The molecule has 2 heterocycles. The number of fused-ring (bicyclic) bond motifs is 1. The molecule has 0 bridgehead atoms. The Morgan fingerprint density at radius 2 is 2.05 bits per heavy atom. The number of ether oxygens (including phenoxy) is 1. The van der Waals surface area contributed by atoms with Crippen molar-refractivity contribution in [1.82, 2.24) is 9.97 Å². The molecule has 0 fully saturated rings. The Morgan fingerprint density at radius 1 is 1.16 bits per heavy atom. The average molecular weight is 252 g/mol. The Hall–Kier alpha value is -2.62. The molecule has 0 spiro atoms. The van der Waals surface area contributed by atoms with E-state index >= 15 is 0 Å². The smallest absolute Gasteiger partial charge is 0.354 e. The summed E-state index contributed by atoms with van der Waals surface area (Å²) in [5.41, 5.74) is 2.46. The van der Waals surface area contributed by atoms with Gasteiger partial charge in [0.2, 0.25) is 0 Å². The van der Waals surface area contributed by atoms with Gasteiger partial charge in [0.05, 0.1) is 7.11 Å². The van der Waals surface area contributed by atoms with E-state index in [9.17, 15) is 4.79 Å². The molecule has 4 heteroatoms. The number of aromatic amines is 1. The van der Waals surface area contributed by atoms with Crippen molar-refractivity contribution in [3.8, 4) is 11.1 Å². The van der Waals surface area contributed by atoms with Crippen LogP contribution in [0.2, 0.25) is 0 Å². The van der Waals surface area contributed by atoms with E-state index in [1.807, 2.05) is 24.4 Å². The predicted molar refractivity (Wildman–Crippen MR) is 72.9 cm³/mol. The van der Waals surface area contributed by atoms with Crippen LogP contribution in [0, 0.1) is 0 Å². The molecule has 0 aliphatic heterocycles. The number of hydrogen-bond acceptors (Lipinski definition) is 3. The second kappa shape index (κ2) is 4.57. The highest BCUT2D eigenvalue weighted by Crippen LogP contribution is 2.24. The molecule has 0 unspecified atom stereocenters. The maximum atomic E-state index is 11.4. The predicted octanol–water partition coefficient (Wildman–Crippen LogP) is 3.02. The Morgan fingerprint density at radius 3 is 2.89 bits per heavy atom. The van der Waals surface area contributed by atoms with E-state index in [0.717, 1.165) is 21.9 Å². The molecule has 2 aromatic heterocycles. The zero-order valence-electron chi connectivity index (χ0n) is 10.4. The van der Waals surface area contributed by atoms with E-state index in [0.29, 0.717) is 5.69 Å². The lowest BCUT2D eigenvalue weighted by Crippen LogP contribution is -2.00. The zero-order valence-corrected chi connectivity index (χ0v) is 10.4. The van der Waals surface area contributed by atoms with E-state index in [-0.39, 0.29) is 5.97 Å². The van der Waals surface area contributed by atoms with Gasteiger partial charge in [-0.05, 0) is 29.1 Å². The van der Waals surface area contributed by atoms with E-state index in [1.165, 1.54) is 7.11 Å². The number of esters is 1. The number of carbonyl (C=O) groups is 1. The summed E-state index contributed by atoms with van der Waals surface area (Å²) in [6, 6.07) is 9.85. The van der Waals surface area contributed by atoms with Gasteiger partial charge in [-0.15, -0.1) is 0 Å². The van der Waals surface area contributed by atoms with Crippen LogP contribution in [0.15, 0.2) is 48.9 Å². The van der Waals surface area contributed by atoms with Crippen LogP contribution in [0.5, 0.6) is 0 Å². The van der Waals surface area contributed by atoms with Gasteiger partial charge in [-0.3, -0.25) is 4.98 Å². The Balaban J connectivity index is 2.04. The average Bonchev–Trinajstić information content (AvgIpc) is 2.95. The molecule has 94 valence electrons. The molecule has 0 amide bonds. The lowest BCUT2D eigenvalue weighted by molar-refractivity contribution is 0.0595. The van der Waals surface area contributed by atoms with E-state index in [2.05, 4.69) is 20.8 Å². The van der Waals surface area contributed by atoms with E-state index in [4.69, 9.17) is 0 Å². The molecule has 0 radical (unpaired) electrons. The van der Waals surface area contributed by atoms with Gasteiger partial charge < -0.3 is 9.72 Å². The molecular formula is C15H12N2O2. The van der Waals surface area contributed by atoms with Crippen molar-refractivity contribution in [3.05, 3.63) is 54.6 Å². The van der Waals surface area contributed by atoms with Crippen molar-refractivity contribution in [1.29, 1.82) is 0 Å². The summed E-state index contributed by atoms with van der Waals surface area (Å²) in [5, 5.41) is 2.21. The highest BCUT2D eigenvalue weighted by Gasteiger charge is 2.09. The van der Waals surface area contributed by atoms with Crippen molar-refractivity contribution < 1.29 is 9.53 Å². The van der Waals surface area contributed by atoms with Crippen molar-refractivity contribution in [3.63, 3.8) is 0 Å². The number of methoxy groups -OCH3 is 1. The van der Waals surface area contributed by atoms with Gasteiger partial charge >= 0.3 is 5.97 Å². The van der Waals surface area contributed by atoms with Gasteiger partial charge in [0, 0.05) is 29.5 Å². The normalized spacial score (nSPS) is 10.6. The SMILES string of the molecule is COC(=O)c1cc(-c2ccc3cnccc3c2)c[nH]1. The quantitative estimate of drug-likeness (QED) is 0.713. The first-order valence-corrected chi connectivity index (χ1v) is 5.89. The van der Waals surface area contributed by atoms with Gasteiger partial charge in [-0.25, -0.2) is 4.79 Å². The fraction of sp³-hybridized carbons (Fsp3) is 0.0667. The fourth-order valence-corrected chi connectivity index (χ4v) is 2.05. The highest BCUT2D eigenvalue weighted by atomic mass is 16.5. The highest BCUT2D eigenvalue weighted by molar-refractivity contribution is 5.91. The number of hydrogen-bond donors (Lipinski definition) is 1.